The first-order chi connectivity index (χ1) is 19.2. The highest BCUT2D eigenvalue weighted by Gasteiger charge is 2.50. The molecule has 0 saturated carbocycles. The monoisotopic (exact) mass is 605 g/mol. The topological polar surface area (TPSA) is 131 Å². The van der Waals surface area contributed by atoms with Crippen molar-refractivity contribution in [2.45, 2.75) is 108 Å². The van der Waals surface area contributed by atoms with Crippen LogP contribution in [0.3, 0.4) is 0 Å². The fourth-order valence-electron chi connectivity index (χ4n) is 5.26. The summed E-state index contributed by atoms with van der Waals surface area (Å²) in [5.74, 6) is 0.218. The van der Waals surface area contributed by atoms with E-state index in [0.717, 1.165) is 77.0 Å². The molecule has 2 aliphatic rings. The van der Waals surface area contributed by atoms with Gasteiger partial charge in [-0.2, -0.15) is 16.0 Å². The quantitative estimate of drug-likeness (QED) is 0.0821. The molecule has 0 aromatic carbocycles. The SMILES string of the molecule is CCOP(=O)(F)CCCCCCCCCC(=O)NCCCCCNC(=O)CCCC[C@@H]1SC[C@H]2C(=O)NC(=O)[C@@H]12. The highest BCUT2D eigenvalue weighted by Crippen LogP contribution is 2.49. The Kier molecular flexibility index (Phi) is 17.1. The Balaban J connectivity index is 1.32. The van der Waals surface area contributed by atoms with Crippen LogP contribution in [0.1, 0.15) is 103 Å². The Labute approximate surface area is 243 Å². The van der Waals surface area contributed by atoms with Crippen LogP contribution in [0.5, 0.6) is 0 Å². The van der Waals surface area contributed by atoms with Crippen LogP contribution >= 0.6 is 19.4 Å². The summed E-state index contributed by atoms with van der Waals surface area (Å²) < 4.78 is 29.4. The molecule has 40 heavy (non-hydrogen) atoms. The molecule has 0 aliphatic carbocycles. The molecule has 12 heteroatoms. The van der Waals surface area contributed by atoms with Gasteiger partial charge in [-0.05, 0) is 51.9 Å². The molecule has 2 heterocycles. The van der Waals surface area contributed by atoms with Gasteiger partial charge < -0.3 is 15.2 Å². The average Bonchev–Trinajstić information content (AvgIpc) is 3.45. The van der Waals surface area contributed by atoms with Crippen molar-refractivity contribution < 1.29 is 32.5 Å². The largest absolute Gasteiger partial charge is 0.367 e. The van der Waals surface area contributed by atoms with Crippen molar-refractivity contribution in [1.82, 2.24) is 16.0 Å². The molecule has 1 unspecified atom stereocenters. The van der Waals surface area contributed by atoms with Gasteiger partial charge in [0.05, 0.1) is 24.6 Å². The highest BCUT2D eigenvalue weighted by molar-refractivity contribution is 8.00. The lowest BCUT2D eigenvalue weighted by molar-refractivity contribution is -0.126. The second kappa shape index (κ2) is 19.6. The summed E-state index contributed by atoms with van der Waals surface area (Å²) in [4.78, 5) is 47.7. The van der Waals surface area contributed by atoms with Crippen LogP contribution in [-0.2, 0) is 28.3 Å². The van der Waals surface area contributed by atoms with Crippen LogP contribution in [-0.4, -0.2) is 60.5 Å². The van der Waals surface area contributed by atoms with Crippen molar-refractivity contribution in [2.75, 3.05) is 31.6 Å². The number of hydrogen-bond acceptors (Lipinski definition) is 7. The minimum Gasteiger partial charge on any atom is -0.356 e. The van der Waals surface area contributed by atoms with Crippen LogP contribution in [0, 0.1) is 11.8 Å². The number of rotatable bonds is 23. The highest BCUT2D eigenvalue weighted by atomic mass is 32.2. The lowest BCUT2D eigenvalue weighted by atomic mass is 9.91. The van der Waals surface area contributed by atoms with Crippen molar-refractivity contribution in [3.8, 4) is 0 Å². The predicted molar refractivity (Wildman–Crippen MR) is 157 cm³/mol. The average molecular weight is 606 g/mol. The van der Waals surface area contributed by atoms with E-state index in [-0.39, 0.29) is 53.5 Å². The van der Waals surface area contributed by atoms with E-state index in [9.17, 15) is 27.9 Å². The van der Waals surface area contributed by atoms with Crippen LogP contribution in [0.2, 0.25) is 0 Å². The van der Waals surface area contributed by atoms with E-state index in [1.807, 2.05) is 0 Å². The lowest BCUT2D eigenvalue weighted by Gasteiger charge is -2.14. The van der Waals surface area contributed by atoms with E-state index in [2.05, 4.69) is 20.5 Å². The third kappa shape index (κ3) is 13.9. The number of unbranched alkanes of at least 4 members (excludes halogenated alkanes) is 9. The molecule has 0 aromatic heterocycles. The predicted octanol–water partition coefficient (Wildman–Crippen LogP) is 5.27. The number of carbonyl (C=O) groups excluding carboxylic acids is 4. The van der Waals surface area contributed by atoms with E-state index in [4.69, 9.17) is 0 Å². The maximum atomic E-state index is 13.4. The van der Waals surface area contributed by atoms with Gasteiger partial charge in [0.25, 0.3) is 0 Å². The first kappa shape index (κ1) is 34.7. The molecular weight excluding hydrogens is 556 g/mol. The van der Waals surface area contributed by atoms with Gasteiger partial charge in [-0.15, -0.1) is 0 Å². The van der Waals surface area contributed by atoms with E-state index < -0.39 is 7.68 Å². The standard InChI is InChI=1S/C28H49FN3O6PS/c1-2-38-39(29,37)20-14-7-5-3-4-6-9-16-24(33)30-18-12-8-13-19-31-25(34)17-11-10-15-23-26-22(21-40-23)27(35)32-28(26)36/h22-23,26H,2-21H2,1H3,(H,30,33)(H,31,34)(H,32,35,36)/t22-,23+,26-,39?/m1/s1. The van der Waals surface area contributed by atoms with E-state index in [0.29, 0.717) is 38.1 Å². The Bertz CT molecular complexity index is 864. The molecule has 2 fully saturated rings. The van der Waals surface area contributed by atoms with Gasteiger partial charge in [0.1, 0.15) is 0 Å². The normalized spacial score (nSPS) is 21.6. The number of carbonyl (C=O) groups is 4. The first-order valence-electron chi connectivity index (χ1n) is 15.2. The number of thioether (sulfide) groups is 1. The second-order valence-electron chi connectivity index (χ2n) is 10.8. The van der Waals surface area contributed by atoms with E-state index >= 15 is 0 Å². The molecule has 0 bridgehead atoms. The summed E-state index contributed by atoms with van der Waals surface area (Å²) in [7, 11) is -3.88. The van der Waals surface area contributed by atoms with Crippen molar-refractivity contribution >= 4 is 43.1 Å². The Morgan fingerprint density at radius 3 is 2.05 bits per heavy atom. The number of nitrogens with one attached hydrogen (secondary N) is 3. The van der Waals surface area contributed by atoms with Gasteiger partial charge >= 0.3 is 7.68 Å². The summed E-state index contributed by atoms with van der Waals surface area (Å²) >= 11 is 1.71. The van der Waals surface area contributed by atoms with E-state index in [1.54, 1.807) is 18.7 Å². The zero-order chi connectivity index (χ0) is 29.2. The van der Waals surface area contributed by atoms with Crippen molar-refractivity contribution in [2.24, 2.45) is 11.8 Å². The number of imide groups is 1. The summed E-state index contributed by atoms with van der Waals surface area (Å²) in [5, 5.41) is 8.53. The molecule has 2 aliphatic heterocycles. The molecule has 9 nitrogen and oxygen atoms in total. The fraction of sp³-hybridized carbons (Fsp3) is 0.857. The molecule has 0 spiro atoms. The fourth-order valence-corrected chi connectivity index (χ4v) is 8.05. The molecule has 0 aromatic rings. The van der Waals surface area contributed by atoms with Crippen LogP contribution in [0.25, 0.3) is 0 Å². The Morgan fingerprint density at radius 2 is 1.43 bits per heavy atom. The van der Waals surface area contributed by atoms with Gasteiger partial charge in [0.15, 0.2) is 0 Å². The number of halogens is 1. The van der Waals surface area contributed by atoms with Gasteiger partial charge in [-0.25, -0.2) is 0 Å². The van der Waals surface area contributed by atoms with Crippen LogP contribution in [0.15, 0.2) is 0 Å². The number of amides is 4. The molecule has 0 radical (unpaired) electrons. The number of fused-ring (bicyclic) bond motifs is 1. The van der Waals surface area contributed by atoms with Crippen LogP contribution in [0.4, 0.5) is 4.20 Å². The van der Waals surface area contributed by atoms with Crippen LogP contribution < -0.4 is 16.0 Å². The Hall–Kier alpha value is -1.45. The van der Waals surface area contributed by atoms with Crippen molar-refractivity contribution in [3.05, 3.63) is 0 Å². The van der Waals surface area contributed by atoms with Crippen molar-refractivity contribution in [3.63, 3.8) is 0 Å². The van der Waals surface area contributed by atoms with Gasteiger partial charge in [0.2, 0.25) is 23.6 Å². The maximum absolute atomic E-state index is 13.4. The minimum absolute atomic E-state index is 0.00608. The summed E-state index contributed by atoms with van der Waals surface area (Å²) in [6.45, 7) is 3.06. The van der Waals surface area contributed by atoms with Crippen molar-refractivity contribution in [1.29, 1.82) is 0 Å². The third-order valence-electron chi connectivity index (χ3n) is 7.50. The minimum atomic E-state index is -3.88. The molecule has 2 rings (SSSR count). The lowest BCUT2D eigenvalue weighted by Crippen LogP contribution is -2.27. The second-order valence-corrected chi connectivity index (χ2v) is 14.0. The Morgan fingerprint density at radius 1 is 0.875 bits per heavy atom. The van der Waals surface area contributed by atoms with Gasteiger partial charge in [-0.1, -0.05) is 38.5 Å². The number of hydrogen-bond donors (Lipinski definition) is 3. The van der Waals surface area contributed by atoms with Gasteiger partial charge in [-0.3, -0.25) is 29.1 Å². The van der Waals surface area contributed by atoms with E-state index in [1.165, 1.54) is 0 Å². The zero-order valence-corrected chi connectivity index (χ0v) is 25.8. The maximum Gasteiger partial charge on any atom is 0.367 e. The zero-order valence-electron chi connectivity index (χ0n) is 24.1. The molecule has 4 amide bonds. The summed E-state index contributed by atoms with van der Waals surface area (Å²) in [6, 6.07) is 0. The van der Waals surface area contributed by atoms with Gasteiger partial charge in [0, 0.05) is 36.9 Å². The molecule has 2 saturated heterocycles. The summed E-state index contributed by atoms with van der Waals surface area (Å²) in [6.07, 6.45) is 12.5. The third-order valence-corrected chi connectivity index (χ3v) is 10.5. The summed E-state index contributed by atoms with van der Waals surface area (Å²) in [5.41, 5.74) is 0. The molecular formula is C28H49FN3O6PS. The molecule has 230 valence electrons. The molecule has 3 N–H and O–H groups in total. The molecule has 4 atom stereocenters. The first-order valence-corrected chi connectivity index (χ1v) is 17.9. The smallest absolute Gasteiger partial charge is 0.356 e.